The summed E-state index contributed by atoms with van der Waals surface area (Å²) in [6.07, 6.45) is 3.80. The van der Waals surface area contributed by atoms with Gasteiger partial charge in [0.1, 0.15) is 11.6 Å². The molecule has 0 N–H and O–H groups in total. The van der Waals surface area contributed by atoms with Crippen LogP contribution in [-0.2, 0) is 13.1 Å². The second-order valence-corrected chi connectivity index (χ2v) is 6.36. The van der Waals surface area contributed by atoms with Crippen LogP contribution in [0.1, 0.15) is 35.9 Å². The maximum absolute atomic E-state index is 12.8. The topological polar surface area (TPSA) is 67.4 Å². The second kappa shape index (κ2) is 7.17. The molecule has 1 aliphatic rings. The van der Waals surface area contributed by atoms with Gasteiger partial charge in [-0.1, -0.05) is 19.0 Å². The van der Waals surface area contributed by atoms with Gasteiger partial charge in [0, 0.05) is 44.0 Å². The highest BCUT2D eigenvalue weighted by atomic mass is 16.5. The Balaban J connectivity index is 1.82. The molecule has 0 saturated heterocycles. The average Bonchev–Trinajstić information content (AvgIpc) is 3.16. The number of aromatic nitrogens is 3. The molecule has 0 radical (unpaired) electrons. The molecule has 1 atom stereocenters. The molecule has 7 nitrogen and oxygen atoms in total. The molecule has 130 valence electrons. The van der Waals surface area contributed by atoms with E-state index < -0.39 is 0 Å². The molecular weight excluding hydrogens is 306 g/mol. The zero-order valence-corrected chi connectivity index (χ0v) is 14.6. The molecule has 0 spiro atoms. The number of carbonyl (C=O) groups excluding carboxylic acids is 1. The van der Waals surface area contributed by atoms with Gasteiger partial charge >= 0.3 is 0 Å². The van der Waals surface area contributed by atoms with E-state index in [1.54, 1.807) is 19.2 Å². The molecule has 3 rings (SSSR count). The molecule has 0 saturated carbocycles. The predicted octanol–water partition coefficient (Wildman–Crippen LogP) is 1.79. The average molecular weight is 331 g/mol. The maximum atomic E-state index is 12.8. The number of hydrogen-bond acceptors (Lipinski definition) is 5. The molecule has 2 aromatic rings. The van der Waals surface area contributed by atoms with Gasteiger partial charge in [-0.25, -0.2) is 4.98 Å². The lowest BCUT2D eigenvalue weighted by Gasteiger charge is -2.27. The number of carbonyl (C=O) groups is 1. The third kappa shape index (κ3) is 3.51. The Morgan fingerprint density at radius 3 is 2.83 bits per heavy atom. The van der Waals surface area contributed by atoms with Gasteiger partial charge < -0.3 is 18.9 Å². The van der Waals surface area contributed by atoms with Crippen molar-refractivity contribution in [3.63, 3.8) is 0 Å². The molecule has 0 aromatic carbocycles. The number of imidazole rings is 1. The van der Waals surface area contributed by atoms with Crippen LogP contribution in [-0.4, -0.2) is 56.6 Å². The van der Waals surface area contributed by atoms with Crippen LogP contribution in [0, 0.1) is 12.8 Å². The van der Waals surface area contributed by atoms with E-state index in [0.717, 1.165) is 32.0 Å². The predicted molar refractivity (Wildman–Crippen MR) is 89.5 cm³/mol. The summed E-state index contributed by atoms with van der Waals surface area (Å²) < 4.78 is 7.22. The molecular formula is C17H25N5O2. The van der Waals surface area contributed by atoms with E-state index in [1.165, 1.54) is 0 Å². The van der Waals surface area contributed by atoms with Crippen LogP contribution in [0.15, 0.2) is 23.0 Å². The molecule has 0 fully saturated rings. The van der Waals surface area contributed by atoms with E-state index in [0.29, 0.717) is 30.5 Å². The van der Waals surface area contributed by atoms with E-state index >= 15 is 0 Å². The summed E-state index contributed by atoms with van der Waals surface area (Å²) >= 11 is 0. The van der Waals surface area contributed by atoms with Crippen molar-refractivity contribution in [2.75, 3.05) is 26.2 Å². The summed E-state index contributed by atoms with van der Waals surface area (Å²) in [5, 5.41) is 3.88. The lowest BCUT2D eigenvalue weighted by atomic mass is 10.1. The van der Waals surface area contributed by atoms with Gasteiger partial charge in [-0.3, -0.25) is 4.79 Å². The first-order valence-corrected chi connectivity index (χ1v) is 8.55. The van der Waals surface area contributed by atoms with E-state index in [1.807, 2.05) is 11.1 Å². The third-order valence-electron chi connectivity index (χ3n) is 4.61. The maximum Gasteiger partial charge on any atom is 0.276 e. The second-order valence-electron chi connectivity index (χ2n) is 6.36. The number of nitrogens with zero attached hydrogens (tertiary/aromatic N) is 5. The Bertz CT molecular complexity index is 689. The Morgan fingerprint density at radius 2 is 2.17 bits per heavy atom. The number of rotatable bonds is 5. The first-order valence-electron chi connectivity index (χ1n) is 8.55. The quantitative estimate of drug-likeness (QED) is 0.836. The van der Waals surface area contributed by atoms with E-state index in [2.05, 4.69) is 33.5 Å². The van der Waals surface area contributed by atoms with Crippen LogP contribution in [0.2, 0.25) is 0 Å². The van der Waals surface area contributed by atoms with Crippen molar-refractivity contribution in [1.82, 2.24) is 24.5 Å². The standard InChI is InChI=1S/C17H25N5O2/c1-4-20(5-2)9-14-10-21-7-6-18-16(21)12-22(11-14)17(23)15-8-13(3)24-19-15/h6-8,14H,4-5,9-12H2,1-3H3. The number of amides is 1. The van der Waals surface area contributed by atoms with E-state index in [-0.39, 0.29) is 5.91 Å². The first kappa shape index (κ1) is 16.7. The first-order chi connectivity index (χ1) is 11.6. The number of fused-ring (bicyclic) bond motifs is 1. The van der Waals surface area contributed by atoms with Crippen molar-refractivity contribution in [3.05, 3.63) is 35.7 Å². The highest BCUT2D eigenvalue weighted by molar-refractivity contribution is 5.92. The summed E-state index contributed by atoms with van der Waals surface area (Å²) in [6, 6.07) is 1.69. The third-order valence-corrected chi connectivity index (χ3v) is 4.61. The monoisotopic (exact) mass is 331 g/mol. The SMILES string of the molecule is CCN(CC)CC1CN(C(=O)c2cc(C)on2)Cc2nccn2C1. The Hall–Kier alpha value is -2.15. The summed E-state index contributed by atoms with van der Waals surface area (Å²) in [7, 11) is 0. The van der Waals surface area contributed by atoms with Gasteiger partial charge in [0.2, 0.25) is 0 Å². The van der Waals surface area contributed by atoms with Gasteiger partial charge in [0.25, 0.3) is 5.91 Å². The Labute approximate surface area is 142 Å². The lowest BCUT2D eigenvalue weighted by Crippen LogP contribution is -2.39. The molecule has 3 heterocycles. The zero-order valence-electron chi connectivity index (χ0n) is 14.6. The summed E-state index contributed by atoms with van der Waals surface area (Å²) in [6.45, 7) is 11.2. The minimum atomic E-state index is -0.0900. The van der Waals surface area contributed by atoms with Crippen molar-refractivity contribution in [1.29, 1.82) is 0 Å². The fourth-order valence-corrected chi connectivity index (χ4v) is 3.29. The molecule has 1 amide bonds. The molecule has 0 bridgehead atoms. The van der Waals surface area contributed by atoms with Crippen LogP contribution in [0.25, 0.3) is 0 Å². The molecule has 1 aliphatic heterocycles. The van der Waals surface area contributed by atoms with Crippen molar-refractivity contribution < 1.29 is 9.32 Å². The smallest absolute Gasteiger partial charge is 0.276 e. The van der Waals surface area contributed by atoms with Gasteiger partial charge in [0.05, 0.1) is 6.54 Å². The van der Waals surface area contributed by atoms with Crippen LogP contribution >= 0.6 is 0 Å². The fourth-order valence-electron chi connectivity index (χ4n) is 3.29. The van der Waals surface area contributed by atoms with Gasteiger partial charge in [-0.2, -0.15) is 0 Å². The highest BCUT2D eigenvalue weighted by Crippen LogP contribution is 2.19. The molecule has 0 aliphatic carbocycles. The lowest BCUT2D eigenvalue weighted by molar-refractivity contribution is 0.0694. The van der Waals surface area contributed by atoms with Crippen LogP contribution < -0.4 is 0 Å². The van der Waals surface area contributed by atoms with Gasteiger partial charge in [-0.15, -0.1) is 0 Å². The molecule has 24 heavy (non-hydrogen) atoms. The Morgan fingerprint density at radius 1 is 1.38 bits per heavy atom. The molecule has 2 aromatic heterocycles. The fraction of sp³-hybridized carbons (Fsp3) is 0.588. The van der Waals surface area contributed by atoms with Crippen LogP contribution in [0.5, 0.6) is 0 Å². The van der Waals surface area contributed by atoms with Crippen LogP contribution in [0.4, 0.5) is 0 Å². The normalized spacial score (nSPS) is 17.8. The minimum Gasteiger partial charge on any atom is -0.361 e. The highest BCUT2D eigenvalue weighted by Gasteiger charge is 2.28. The molecule has 7 heteroatoms. The number of hydrogen-bond donors (Lipinski definition) is 0. The van der Waals surface area contributed by atoms with Gasteiger partial charge in [-0.05, 0) is 20.0 Å². The zero-order chi connectivity index (χ0) is 17.1. The summed E-state index contributed by atoms with van der Waals surface area (Å²) in [5.41, 5.74) is 0.370. The molecule has 1 unspecified atom stereocenters. The van der Waals surface area contributed by atoms with Crippen molar-refractivity contribution in [3.8, 4) is 0 Å². The van der Waals surface area contributed by atoms with Gasteiger partial charge in [0.15, 0.2) is 5.69 Å². The number of aryl methyl sites for hydroxylation is 1. The van der Waals surface area contributed by atoms with Crippen molar-refractivity contribution >= 4 is 5.91 Å². The van der Waals surface area contributed by atoms with Crippen molar-refractivity contribution in [2.45, 2.75) is 33.9 Å². The Kier molecular flexibility index (Phi) is 4.99. The van der Waals surface area contributed by atoms with Crippen molar-refractivity contribution in [2.24, 2.45) is 5.92 Å². The minimum absolute atomic E-state index is 0.0900. The van der Waals surface area contributed by atoms with E-state index in [4.69, 9.17) is 4.52 Å². The summed E-state index contributed by atoms with van der Waals surface area (Å²) in [5.74, 6) is 1.84. The largest absolute Gasteiger partial charge is 0.361 e. The van der Waals surface area contributed by atoms with Crippen LogP contribution in [0.3, 0.4) is 0 Å². The van der Waals surface area contributed by atoms with E-state index in [9.17, 15) is 4.79 Å². The summed E-state index contributed by atoms with van der Waals surface area (Å²) in [4.78, 5) is 21.5.